The lowest BCUT2D eigenvalue weighted by molar-refractivity contribution is 0.733. The molecule has 1 N–H and O–H groups in total. The number of amidine groups is 1. The summed E-state index contributed by atoms with van der Waals surface area (Å²) in [5, 5.41) is 12.4. The van der Waals surface area contributed by atoms with Crippen molar-refractivity contribution in [1.82, 2.24) is 0 Å². The molecule has 1 saturated carbocycles. The van der Waals surface area contributed by atoms with Gasteiger partial charge in [-0.1, -0.05) is 50.3 Å². The second kappa shape index (κ2) is 8.13. The lowest BCUT2D eigenvalue weighted by Crippen LogP contribution is -2.33. The van der Waals surface area contributed by atoms with Gasteiger partial charge < -0.3 is 10.2 Å². The third-order valence-corrected chi connectivity index (χ3v) is 6.02. The Morgan fingerprint density at radius 1 is 1.28 bits per heavy atom. The molecule has 2 aromatic carbocycles. The van der Waals surface area contributed by atoms with Crippen LogP contribution in [0.3, 0.4) is 0 Å². The van der Waals surface area contributed by atoms with E-state index in [2.05, 4.69) is 73.5 Å². The molecular weight excluding hydrogens is 356 g/mol. The zero-order valence-electron chi connectivity index (χ0n) is 17.4. The van der Waals surface area contributed by atoms with E-state index in [1.54, 1.807) is 0 Å². The van der Waals surface area contributed by atoms with Gasteiger partial charge in [-0.3, -0.25) is 0 Å². The topological polar surface area (TPSA) is 51.4 Å². The summed E-state index contributed by atoms with van der Waals surface area (Å²) in [5.74, 6) is 3.12. The summed E-state index contributed by atoms with van der Waals surface area (Å²) in [4.78, 5) is 6.94. The van der Waals surface area contributed by atoms with Crippen LogP contribution in [0.2, 0.25) is 0 Å². The van der Waals surface area contributed by atoms with Crippen molar-refractivity contribution in [3.8, 4) is 6.07 Å². The standard InChI is InChI=1S/C15H14N4.C10H14.H2/c1-9-4-11-6-12(11)15(18-9)19-8-17-13-3-2-10(7-16)5-14(13)19;1-3-9(2)10-7-5-4-6-8-10;/h2-5,11-12,17H,6,8H2,1H3;4-9H,3H2,1-2H3;1H/t;9-;/m.0./s1. The van der Waals surface area contributed by atoms with Gasteiger partial charge in [0.15, 0.2) is 0 Å². The quantitative estimate of drug-likeness (QED) is 0.674. The molecule has 2 unspecified atom stereocenters. The molecule has 3 aliphatic rings. The molecule has 150 valence electrons. The van der Waals surface area contributed by atoms with Crippen LogP contribution < -0.4 is 10.2 Å². The van der Waals surface area contributed by atoms with E-state index in [0.29, 0.717) is 23.3 Å². The first-order valence-corrected chi connectivity index (χ1v) is 10.5. The van der Waals surface area contributed by atoms with E-state index in [4.69, 9.17) is 10.3 Å². The molecular formula is C25H30N4. The van der Waals surface area contributed by atoms with Crippen molar-refractivity contribution in [3.63, 3.8) is 0 Å². The number of fused-ring (bicyclic) bond motifs is 2. The minimum absolute atomic E-state index is 0. The molecule has 29 heavy (non-hydrogen) atoms. The number of rotatable bonds is 2. The summed E-state index contributed by atoms with van der Waals surface area (Å²) in [7, 11) is 0. The second-order valence-corrected chi connectivity index (χ2v) is 8.11. The molecule has 0 spiro atoms. The van der Waals surface area contributed by atoms with Crippen molar-refractivity contribution in [2.45, 2.75) is 39.5 Å². The minimum Gasteiger partial charge on any atom is -0.366 e. The summed E-state index contributed by atoms with van der Waals surface area (Å²) in [6, 6.07) is 18.6. The van der Waals surface area contributed by atoms with Gasteiger partial charge in [-0.25, -0.2) is 4.99 Å². The van der Waals surface area contributed by atoms with E-state index in [-0.39, 0.29) is 1.43 Å². The lowest BCUT2D eigenvalue weighted by atomic mass is 9.99. The van der Waals surface area contributed by atoms with Gasteiger partial charge in [-0.05, 0) is 55.4 Å². The normalized spacial score (nSPS) is 21.9. The summed E-state index contributed by atoms with van der Waals surface area (Å²) < 4.78 is 0. The highest BCUT2D eigenvalue weighted by molar-refractivity contribution is 6.06. The Morgan fingerprint density at radius 2 is 2.07 bits per heavy atom. The van der Waals surface area contributed by atoms with E-state index in [9.17, 15) is 0 Å². The van der Waals surface area contributed by atoms with E-state index in [0.717, 1.165) is 29.6 Å². The van der Waals surface area contributed by atoms with Gasteiger partial charge in [0, 0.05) is 13.0 Å². The Labute approximate surface area is 175 Å². The van der Waals surface area contributed by atoms with Crippen LogP contribution in [0.5, 0.6) is 0 Å². The predicted molar refractivity (Wildman–Crippen MR) is 122 cm³/mol. The molecule has 2 aliphatic heterocycles. The van der Waals surface area contributed by atoms with Crippen molar-refractivity contribution < 1.29 is 1.43 Å². The van der Waals surface area contributed by atoms with E-state index < -0.39 is 0 Å². The van der Waals surface area contributed by atoms with Crippen molar-refractivity contribution >= 4 is 17.2 Å². The van der Waals surface area contributed by atoms with Crippen molar-refractivity contribution in [2.24, 2.45) is 16.8 Å². The first-order valence-electron chi connectivity index (χ1n) is 10.5. The zero-order chi connectivity index (χ0) is 20.4. The zero-order valence-corrected chi connectivity index (χ0v) is 17.4. The molecule has 5 rings (SSSR count). The largest absolute Gasteiger partial charge is 0.366 e. The number of allylic oxidation sites excluding steroid dienone is 2. The van der Waals surface area contributed by atoms with E-state index in [1.807, 2.05) is 18.2 Å². The monoisotopic (exact) mass is 386 g/mol. The first-order chi connectivity index (χ1) is 14.1. The molecule has 4 nitrogen and oxygen atoms in total. The van der Waals surface area contributed by atoms with Gasteiger partial charge in [-0.2, -0.15) is 5.26 Å². The molecule has 0 amide bonds. The van der Waals surface area contributed by atoms with Crippen molar-refractivity contribution in [3.05, 3.63) is 71.4 Å². The van der Waals surface area contributed by atoms with Crippen LogP contribution in [-0.4, -0.2) is 12.5 Å². The number of hydrogen-bond donors (Lipinski definition) is 1. The Bertz CT molecular complexity index is 990. The molecule has 1 aliphatic carbocycles. The average Bonchev–Trinajstić information content (AvgIpc) is 3.42. The van der Waals surface area contributed by atoms with Crippen LogP contribution >= 0.6 is 0 Å². The number of nitriles is 1. The Morgan fingerprint density at radius 3 is 2.79 bits per heavy atom. The van der Waals surface area contributed by atoms with Gasteiger partial charge in [0.2, 0.25) is 0 Å². The molecule has 0 aromatic heterocycles. The summed E-state index contributed by atoms with van der Waals surface area (Å²) in [5.41, 5.74) is 5.43. The smallest absolute Gasteiger partial charge is 0.114 e. The maximum atomic E-state index is 9.04. The van der Waals surface area contributed by atoms with Crippen LogP contribution in [0.4, 0.5) is 11.4 Å². The fourth-order valence-corrected chi connectivity index (χ4v) is 4.01. The van der Waals surface area contributed by atoms with Gasteiger partial charge in [-0.15, -0.1) is 0 Å². The number of hydrogen-bond acceptors (Lipinski definition) is 4. The van der Waals surface area contributed by atoms with Crippen LogP contribution in [0.1, 0.15) is 52.1 Å². The maximum absolute atomic E-state index is 9.04. The number of nitrogens with one attached hydrogen (secondary N) is 1. The van der Waals surface area contributed by atoms with Gasteiger partial charge >= 0.3 is 0 Å². The molecule has 2 aromatic rings. The van der Waals surface area contributed by atoms with E-state index in [1.165, 1.54) is 18.4 Å². The first kappa shape index (κ1) is 19.3. The highest BCUT2D eigenvalue weighted by Gasteiger charge is 2.45. The molecule has 0 bridgehead atoms. The summed E-state index contributed by atoms with van der Waals surface area (Å²) in [6.07, 6.45) is 4.70. The number of anilines is 2. The lowest BCUT2D eigenvalue weighted by Gasteiger charge is -2.22. The number of benzene rings is 2. The van der Waals surface area contributed by atoms with Crippen LogP contribution in [-0.2, 0) is 0 Å². The highest BCUT2D eigenvalue weighted by Crippen LogP contribution is 2.47. The summed E-state index contributed by atoms with van der Waals surface area (Å²) in [6.45, 7) is 7.29. The van der Waals surface area contributed by atoms with Gasteiger partial charge in [0.05, 0.1) is 29.7 Å². The van der Waals surface area contributed by atoms with Crippen LogP contribution in [0, 0.1) is 23.2 Å². The fourth-order valence-electron chi connectivity index (χ4n) is 4.01. The SMILES string of the molecule is CC1=CC2CC2C(N2CNc3ccc(C#N)cc32)=N1.CC[C@H](C)c1ccccc1.[HH]. The maximum Gasteiger partial charge on any atom is 0.114 e. The Kier molecular flexibility index (Phi) is 5.40. The molecule has 2 heterocycles. The summed E-state index contributed by atoms with van der Waals surface area (Å²) >= 11 is 0. The van der Waals surface area contributed by atoms with Crippen LogP contribution in [0.25, 0.3) is 0 Å². The predicted octanol–water partition coefficient (Wildman–Crippen LogP) is 6.15. The average molecular weight is 387 g/mol. The molecule has 0 saturated heterocycles. The molecule has 3 atom stereocenters. The fraction of sp³-hybridized carbons (Fsp3) is 0.360. The minimum atomic E-state index is 0. The van der Waals surface area contributed by atoms with Crippen molar-refractivity contribution in [1.29, 1.82) is 5.26 Å². The highest BCUT2D eigenvalue weighted by atomic mass is 15.3. The Hall–Kier alpha value is -3.06. The third-order valence-electron chi connectivity index (χ3n) is 6.02. The molecule has 1 fully saturated rings. The number of nitrogens with zero attached hydrogens (tertiary/aromatic N) is 3. The third kappa shape index (κ3) is 4.05. The molecule has 4 heteroatoms. The second-order valence-electron chi connectivity index (χ2n) is 8.11. The molecule has 0 radical (unpaired) electrons. The van der Waals surface area contributed by atoms with E-state index >= 15 is 0 Å². The number of aliphatic imine (C=N–C) groups is 1. The van der Waals surface area contributed by atoms with Gasteiger partial charge in [0.1, 0.15) is 5.84 Å². The van der Waals surface area contributed by atoms with Crippen LogP contribution in [0.15, 0.2) is 65.3 Å². The Balaban J connectivity index is 0.000000200. The van der Waals surface area contributed by atoms with Gasteiger partial charge in [0.25, 0.3) is 0 Å². The van der Waals surface area contributed by atoms with Crippen molar-refractivity contribution in [2.75, 3.05) is 16.9 Å².